The molecule has 0 saturated carbocycles. The Kier molecular flexibility index (Phi) is 6.84. The van der Waals surface area contributed by atoms with Crippen molar-refractivity contribution in [3.05, 3.63) is 79.5 Å². The summed E-state index contributed by atoms with van der Waals surface area (Å²) in [5.41, 5.74) is 0.164. The molecule has 10 heteroatoms. The third-order valence-electron chi connectivity index (χ3n) is 5.24. The fraction of sp³-hybridized carbons (Fsp3) is 0.208. The Morgan fingerprint density at radius 1 is 1.09 bits per heavy atom. The number of aromatic nitrogens is 1. The first-order valence-corrected chi connectivity index (χ1v) is 11.2. The van der Waals surface area contributed by atoms with E-state index in [1.807, 2.05) is 6.07 Å². The summed E-state index contributed by atoms with van der Waals surface area (Å²) in [7, 11) is 0. The number of benzene rings is 2. The molecule has 0 atom stereocenters. The van der Waals surface area contributed by atoms with Crippen LogP contribution in [0.5, 0.6) is 5.75 Å². The number of nitrogens with zero attached hydrogens (tertiary/aromatic N) is 3. The van der Waals surface area contributed by atoms with E-state index in [1.54, 1.807) is 4.90 Å². The van der Waals surface area contributed by atoms with E-state index in [1.165, 1.54) is 59.2 Å². The van der Waals surface area contributed by atoms with Gasteiger partial charge in [0.1, 0.15) is 22.3 Å². The van der Waals surface area contributed by atoms with E-state index in [0.717, 1.165) is 24.2 Å². The van der Waals surface area contributed by atoms with Gasteiger partial charge in [-0.2, -0.15) is 14.0 Å². The van der Waals surface area contributed by atoms with Gasteiger partial charge in [-0.3, -0.25) is 14.2 Å². The second kappa shape index (κ2) is 9.97. The molecular formula is C24H18F3N3O3S. The van der Waals surface area contributed by atoms with Crippen molar-refractivity contribution in [2.45, 2.75) is 19.5 Å². The maximum atomic E-state index is 13.5. The van der Waals surface area contributed by atoms with Gasteiger partial charge in [0.2, 0.25) is 0 Å². The first-order chi connectivity index (χ1) is 16.4. The minimum Gasteiger partial charge on any atom is -0.435 e. The molecule has 1 amide bonds. The van der Waals surface area contributed by atoms with Gasteiger partial charge in [-0.25, -0.2) is 4.39 Å². The number of alkyl halides is 2. The van der Waals surface area contributed by atoms with Gasteiger partial charge in [0, 0.05) is 13.1 Å². The van der Waals surface area contributed by atoms with Crippen molar-refractivity contribution < 1.29 is 22.7 Å². The van der Waals surface area contributed by atoms with E-state index in [-0.39, 0.29) is 20.5 Å². The van der Waals surface area contributed by atoms with Gasteiger partial charge in [0.15, 0.2) is 5.57 Å². The number of hydrogen-bond acceptors (Lipinski definition) is 5. The zero-order chi connectivity index (χ0) is 24.2. The van der Waals surface area contributed by atoms with Gasteiger partial charge >= 0.3 is 6.61 Å². The highest BCUT2D eigenvalue weighted by molar-refractivity contribution is 7.07. The Hall–Kier alpha value is -3.84. The first-order valence-electron chi connectivity index (χ1n) is 10.4. The average Bonchev–Trinajstić information content (AvgIpc) is 3.45. The third-order valence-corrected chi connectivity index (χ3v) is 6.34. The monoisotopic (exact) mass is 485 g/mol. The molecule has 1 saturated heterocycles. The number of ether oxygens (including phenoxy) is 1. The van der Waals surface area contributed by atoms with E-state index in [2.05, 4.69) is 4.74 Å². The van der Waals surface area contributed by atoms with Gasteiger partial charge in [-0.1, -0.05) is 12.1 Å². The molecule has 0 radical (unpaired) electrons. The fourth-order valence-electron chi connectivity index (χ4n) is 3.64. The summed E-state index contributed by atoms with van der Waals surface area (Å²) in [4.78, 5) is 27.9. The minimum absolute atomic E-state index is 0.0287. The highest BCUT2D eigenvalue weighted by Gasteiger charge is 2.24. The van der Waals surface area contributed by atoms with Crippen LogP contribution >= 0.6 is 11.3 Å². The largest absolute Gasteiger partial charge is 0.435 e. The number of likely N-dealkylation sites (tertiary alicyclic amines) is 1. The van der Waals surface area contributed by atoms with Gasteiger partial charge in [0.05, 0.1) is 10.2 Å². The lowest BCUT2D eigenvalue weighted by Crippen LogP contribution is -2.35. The van der Waals surface area contributed by atoms with Gasteiger partial charge in [-0.15, -0.1) is 11.3 Å². The molecule has 0 spiro atoms. The number of thiazole rings is 1. The predicted octanol–water partition coefficient (Wildman–Crippen LogP) is 2.76. The summed E-state index contributed by atoms with van der Waals surface area (Å²) >= 11 is 0.958. The predicted molar refractivity (Wildman–Crippen MR) is 121 cm³/mol. The number of halogens is 3. The summed E-state index contributed by atoms with van der Waals surface area (Å²) in [6.07, 6.45) is 3.20. The lowest BCUT2D eigenvalue weighted by atomic mass is 10.2. The molecule has 34 heavy (non-hydrogen) atoms. The van der Waals surface area contributed by atoms with Gasteiger partial charge < -0.3 is 9.64 Å². The van der Waals surface area contributed by atoms with Crippen molar-refractivity contribution in [2.75, 3.05) is 13.1 Å². The van der Waals surface area contributed by atoms with Crippen LogP contribution < -0.4 is 19.5 Å². The van der Waals surface area contributed by atoms with E-state index < -0.39 is 23.9 Å². The van der Waals surface area contributed by atoms with Crippen LogP contribution in [0.1, 0.15) is 18.4 Å². The highest BCUT2D eigenvalue weighted by Crippen LogP contribution is 2.16. The van der Waals surface area contributed by atoms with Crippen molar-refractivity contribution in [3.8, 4) is 17.5 Å². The highest BCUT2D eigenvalue weighted by atomic mass is 32.1. The van der Waals surface area contributed by atoms with Crippen LogP contribution in [0.4, 0.5) is 13.2 Å². The standard InChI is InChI=1S/C24H18F3N3O3S/c25-16-5-7-17(8-6-16)30-22(32)20(13-15-3-9-18(10-4-15)33-24(26)27)34-23(30)19(14-28)21(31)29-11-1-2-12-29/h3-10,13,24H,1-2,11-12H2/b20-13+,23-19+. The zero-order valence-corrected chi connectivity index (χ0v) is 18.5. The maximum absolute atomic E-state index is 13.5. The SMILES string of the molecule is N#C/C(C(=O)N1CCCC1)=c1\s/c(=C/c2ccc(OC(F)F)cc2)c(=O)n1-c1ccc(F)cc1. The quantitative estimate of drug-likeness (QED) is 0.557. The smallest absolute Gasteiger partial charge is 0.387 e. The van der Waals surface area contributed by atoms with Crippen molar-refractivity contribution in [1.82, 2.24) is 9.47 Å². The normalized spacial score (nSPS) is 14.9. The first kappa shape index (κ1) is 23.3. The van der Waals surface area contributed by atoms with E-state index in [9.17, 15) is 28.0 Å². The molecule has 1 aromatic heterocycles. The maximum Gasteiger partial charge on any atom is 0.387 e. The molecule has 6 nitrogen and oxygen atoms in total. The molecule has 174 valence electrons. The molecule has 0 bridgehead atoms. The number of hydrogen-bond donors (Lipinski definition) is 0. The number of rotatable bonds is 5. The zero-order valence-electron chi connectivity index (χ0n) is 17.7. The van der Waals surface area contributed by atoms with Crippen LogP contribution in [0.15, 0.2) is 53.3 Å². The number of nitriles is 1. The minimum atomic E-state index is -2.95. The molecule has 1 aliphatic rings. The fourth-order valence-corrected chi connectivity index (χ4v) is 4.73. The Morgan fingerprint density at radius 3 is 2.32 bits per heavy atom. The second-order valence-corrected chi connectivity index (χ2v) is 8.50. The molecule has 2 heterocycles. The van der Waals surface area contributed by atoms with Crippen molar-refractivity contribution in [1.29, 1.82) is 5.26 Å². The third kappa shape index (κ3) is 4.89. The average molecular weight is 485 g/mol. The molecule has 4 rings (SSSR count). The summed E-state index contributed by atoms with van der Waals surface area (Å²) in [6, 6.07) is 12.8. The van der Waals surface area contributed by atoms with Crippen LogP contribution in [-0.2, 0) is 4.79 Å². The van der Waals surface area contributed by atoms with Crippen LogP contribution in [0.2, 0.25) is 0 Å². The van der Waals surface area contributed by atoms with Gasteiger partial charge in [0.25, 0.3) is 11.5 Å². The van der Waals surface area contributed by atoms with Crippen LogP contribution in [0, 0.1) is 17.1 Å². The summed E-state index contributed by atoms with van der Waals surface area (Å²) < 4.78 is 44.2. The van der Waals surface area contributed by atoms with Crippen molar-refractivity contribution in [2.24, 2.45) is 0 Å². The van der Waals surface area contributed by atoms with Crippen molar-refractivity contribution >= 4 is 28.9 Å². The summed E-state index contributed by atoms with van der Waals surface area (Å²) in [5, 5.41) is 9.83. The van der Waals surface area contributed by atoms with Crippen molar-refractivity contribution in [3.63, 3.8) is 0 Å². The van der Waals surface area contributed by atoms with Crippen LogP contribution in [-0.4, -0.2) is 35.1 Å². The Bertz CT molecular complexity index is 1420. The Morgan fingerprint density at radius 2 is 1.74 bits per heavy atom. The Labute approximate surface area is 196 Å². The molecule has 3 aromatic rings. The molecular weight excluding hydrogens is 467 g/mol. The molecule has 1 fully saturated rings. The second-order valence-electron chi connectivity index (χ2n) is 7.47. The van der Waals surface area contributed by atoms with E-state index in [4.69, 9.17) is 0 Å². The van der Waals surface area contributed by atoms with E-state index in [0.29, 0.717) is 24.3 Å². The topological polar surface area (TPSA) is 75.3 Å². The number of carbonyl (C=O) groups excluding carboxylic acids is 1. The number of amides is 1. The Balaban J connectivity index is 1.91. The molecule has 1 aliphatic heterocycles. The molecule has 0 unspecified atom stereocenters. The van der Waals surface area contributed by atoms with Crippen LogP contribution in [0.3, 0.4) is 0 Å². The van der Waals surface area contributed by atoms with Gasteiger partial charge in [-0.05, 0) is 60.9 Å². The molecule has 2 aromatic carbocycles. The summed E-state index contributed by atoms with van der Waals surface area (Å²) in [5.74, 6) is -0.986. The molecule has 0 aliphatic carbocycles. The summed E-state index contributed by atoms with van der Waals surface area (Å²) in [6.45, 7) is -1.89. The molecule has 0 N–H and O–H groups in total. The number of carbonyl (C=O) groups is 1. The van der Waals surface area contributed by atoms with E-state index >= 15 is 0 Å². The lowest BCUT2D eigenvalue weighted by molar-refractivity contribution is -0.123. The lowest BCUT2D eigenvalue weighted by Gasteiger charge is -2.14. The van der Waals surface area contributed by atoms with Crippen LogP contribution in [0.25, 0.3) is 17.3 Å².